The van der Waals surface area contributed by atoms with Crippen LogP contribution in [-0.4, -0.2) is 21.2 Å². The largest absolute Gasteiger partial charge is 0.352 e. The number of aryl methyl sites for hydroxylation is 2. The predicted molar refractivity (Wildman–Crippen MR) is 90.6 cm³/mol. The van der Waals surface area contributed by atoms with E-state index >= 15 is 0 Å². The lowest BCUT2D eigenvalue weighted by Crippen LogP contribution is -2.30. The van der Waals surface area contributed by atoms with Crippen LogP contribution in [0.3, 0.4) is 0 Å². The number of nitrogens with one attached hydrogen (secondary N) is 1. The normalized spacial score (nSPS) is 16.2. The van der Waals surface area contributed by atoms with Gasteiger partial charge in [-0.3, -0.25) is 14.2 Å². The number of rotatable bonds is 4. The van der Waals surface area contributed by atoms with E-state index in [0.717, 1.165) is 11.3 Å². The first-order valence-corrected chi connectivity index (χ1v) is 8.57. The number of amides is 1. The maximum absolute atomic E-state index is 12.2. The lowest BCUT2D eigenvalue weighted by molar-refractivity contribution is -0.121. The van der Waals surface area contributed by atoms with Crippen molar-refractivity contribution in [3.05, 3.63) is 57.5 Å². The highest BCUT2D eigenvalue weighted by Gasteiger charge is 2.27. The van der Waals surface area contributed by atoms with Gasteiger partial charge in [0, 0.05) is 30.5 Å². The fourth-order valence-corrected chi connectivity index (χ4v) is 3.80. The van der Waals surface area contributed by atoms with Gasteiger partial charge in [-0.2, -0.15) is 0 Å². The van der Waals surface area contributed by atoms with E-state index in [1.807, 2.05) is 38.1 Å². The zero-order chi connectivity index (χ0) is 16.4. The van der Waals surface area contributed by atoms with Crippen molar-refractivity contribution in [2.45, 2.75) is 38.0 Å². The molecular weight excluding hydrogens is 310 g/mol. The average molecular weight is 329 g/mol. The lowest BCUT2D eigenvalue weighted by Gasteiger charge is -2.13. The summed E-state index contributed by atoms with van der Waals surface area (Å²) < 4.78 is 1.64. The molecule has 1 N–H and O–H groups in total. The Balaban J connectivity index is 1.62. The molecule has 120 valence electrons. The van der Waals surface area contributed by atoms with Crippen molar-refractivity contribution < 1.29 is 4.79 Å². The number of aromatic nitrogens is 2. The second-order valence-electron chi connectivity index (χ2n) is 5.82. The van der Waals surface area contributed by atoms with E-state index in [1.165, 1.54) is 23.4 Å². The molecule has 1 amide bonds. The van der Waals surface area contributed by atoms with Gasteiger partial charge in [-0.05, 0) is 19.4 Å². The van der Waals surface area contributed by atoms with Crippen LogP contribution in [-0.2, 0) is 11.3 Å². The molecule has 0 saturated heterocycles. The third kappa shape index (κ3) is 3.64. The predicted octanol–water partition coefficient (Wildman–Crippen LogP) is 2.21. The standard InChI is InChI=1S/C17H19N3O2S/c1-11-3-5-13(6-4-11)9-18-15(21)8-14-10-23-17-19-12(2)7-16(22)20(14)17/h3-7,14H,8-10H2,1-2H3,(H,18,21)/t14-/m0/s1. The molecule has 0 aliphatic carbocycles. The lowest BCUT2D eigenvalue weighted by atomic mass is 10.1. The second-order valence-corrected chi connectivity index (χ2v) is 6.81. The Bertz CT molecular complexity index is 783. The maximum atomic E-state index is 12.2. The minimum Gasteiger partial charge on any atom is -0.352 e. The number of benzene rings is 1. The van der Waals surface area contributed by atoms with Crippen LogP contribution in [0.25, 0.3) is 0 Å². The zero-order valence-electron chi connectivity index (χ0n) is 13.2. The molecule has 1 aliphatic heterocycles. The molecule has 6 heteroatoms. The van der Waals surface area contributed by atoms with Crippen molar-refractivity contribution in [1.82, 2.24) is 14.9 Å². The van der Waals surface area contributed by atoms with Crippen molar-refractivity contribution in [2.24, 2.45) is 0 Å². The number of hydrogen-bond donors (Lipinski definition) is 1. The number of hydrogen-bond acceptors (Lipinski definition) is 4. The fourth-order valence-electron chi connectivity index (χ4n) is 2.61. The van der Waals surface area contributed by atoms with E-state index in [0.29, 0.717) is 23.9 Å². The molecule has 1 aliphatic rings. The van der Waals surface area contributed by atoms with Gasteiger partial charge in [-0.15, -0.1) is 0 Å². The van der Waals surface area contributed by atoms with Crippen molar-refractivity contribution in [1.29, 1.82) is 0 Å². The highest BCUT2D eigenvalue weighted by atomic mass is 32.2. The Labute approximate surface area is 139 Å². The molecule has 1 atom stereocenters. The monoisotopic (exact) mass is 329 g/mol. The molecule has 3 rings (SSSR count). The van der Waals surface area contributed by atoms with Gasteiger partial charge >= 0.3 is 0 Å². The number of nitrogens with zero attached hydrogens (tertiary/aromatic N) is 2. The maximum Gasteiger partial charge on any atom is 0.254 e. The van der Waals surface area contributed by atoms with Gasteiger partial charge in [-0.1, -0.05) is 41.6 Å². The average Bonchev–Trinajstić information content (AvgIpc) is 2.89. The molecule has 2 aromatic rings. The topological polar surface area (TPSA) is 64.0 Å². The summed E-state index contributed by atoms with van der Waals surface area (Å²) in [7, 11) is 0. The first-order chi connectivity index (χ1) is 11.0. The van der Waals surface area contributed by atoms with Crippen molar-refractivity contribution >= 4 is 17.7 Å². The molecule has 1 aromatic carbocycles. The van der Waals surface area contributed by atoms with Crippen molar-refractivity contribution in [3.8, 4) is 0 Å². The fraction of sp³-hybridized carbons (Fsp3) is 0.353. The summed E-state index contributed by atoms with van der Waals surface area (Å²) in [5.74, 6) is 0.667. The smallest absolute Gasteiger partial charge is 0.254 e. The Kier molecular flexibility index (Phi) is 4.52. The Morgan fingerprint density at radius 1 is 1.35 bits per heavy atom. The van der Waals surface area contributed by atoms with E-state index in [2.05, 4.69) is 10.3 Å². The Hall–Kier alpha value is -2.08. The van der Waals surface area contributed by atoms with Crippen molar-refractivity contribution in [2.75, 3.05) is 5.75 Å². The van der Waals surface area contributed by atoms with E-state index < -0.39 is 0 Å². The first kappa shape index (κ1) is 15.8. The summed E-state index contributed by atoms with van der Waals surface area (Å²) in [5, 5.41) is 3.64. The van der Waals surface area contributed by atoms with Crippen LogP contribution in [0.5, 0.6) is 0 Å². The molecule has 0 fully saturated rings. The van der Waals surface area contributed by atoms with Crippen LogP contribution in [0, 0.1) is 13.8 Å². The zero-order valence-corrected chi connectivity index (χ0v) is 14.0. The molecule has 0 radical (unpaired) electrons. The molecule has 0 bridgehead atoms. The molecular formula is C17H19N3O2S. The van der Waals surface area contributed by atoms with Crippen LogP contribution in [0.1, 0.15) is 29.3 Å². The summed E-state index contributed by atoms with van der Waals surface area (Å²) in [5.41, 5.74) is 2.91. The van der Waals surface area contributed by atoms with Crippen molar-refractivity contribution in [3.63, 3.8) is 0 Å². The summed E-state index contributed by atoms with van der Waals surface area (Å²) in [6, 6.07) is 9.47. The van der Waals surface area contributed by atoms with Gasteiger partial charge in [0.2, 0.25) is 5.91 Å². The summed E-state index contributed by atoms with van der Waals surface area (Å²) in [6.45, 7) is 4.35. The highest BCUT2D eigenvalue weighted by Crippen LogP contribution is 2.31. The molecule has 0 unspecified atom stereocenters. The summed E-state index contributed by atoms with van der Waals surface area (Å²) in [4.78, 5) is 28.7. The van der Waals surface area contributed by atoms with Gasteiger partial charge < -0.3 is 5.32 Å². The van der Waals surface area contributed by atoms with E-state index in [9.17, 15) is 9.59 Å². The molecule has 2 heterocycles. The first-order valence-electron chi connectivity index (χ1n) is 7.58. The third-order valence-electron chi connectivity index (χ3n) is 3.85. The van der Waals surface area contributed by atoms with E-state index in [-0.39, 0.29) is 17.5 Å². The van der Waals surface area contributed by atoms with Gasteiger partial charge in [0.05, 0.1) is 6.04 Å². The van der Waals surface area contributed by atoms with Crippen LogP contribution < -0.4 is 10.9 Å². The van der Waals surface area contributed by atoms with E-state index in [4.69, 9.17) is 0 Å². The minimum absolute atomic E-state index is 0.0449. The van der Waals surface area contributed by atoms with E-state index in [1.54, 1.807) is 4.57 Å². The second kappa shape index (κ2) is 6.58. The van der Waals surface area contributed by atoms with Crippen LogP contribution in [0.15, 0.2) is 40.3 Å². The molecule has 1 aromatic heterocycles. The number of fused-ring (bicyclic) bond motifs is 1. The Morgan fingerprint density at radius 2 is 2.09 bits per heavy atom. The molecule has 23 heavy (non-hydrogen) atoms. The molecule has 0 saturated carbocycles. The van der Waals surface area contributed by atoms with Gasteiger partial charge in [0.15, 0.2) is 5.16 Å². The third-order valence-corrected chi connectivity index (χ3v) is 4.95. The number of thioether (sulfide) groups is 1. The van der Waals surface area contributed by atoms with Crippen LogP contribution >= 0.6 is 11.8 Å². The summed E-state index contributed by atoms with van der Waals surface area (Å²) >= 11 is 1.53. The van der Waals surface area contributed by atoms with Crippen LogP contribution in [0.2, 0.25) is 0 Å². The van der Waals surface area contributed by atoms with Crippen LogP contribution in [0.4, 0.5) is 0 Å². The summed E-state index contributed by atoms with van der Waals surface area (Å²) in [6.07, 6.45) is 0.302. The SMILES string of the molecule is Cc1ccc(CNC(=O)C[C@H]2CSc3nc(C)cc(=O)n32)cc1. The van der Waals surface area contributed by atoms with Gasteiger partial charge in [-0.25, -0.2) is 4.98 Å². The highest BCUT2D eigenvalue weighted by molar-refractivity contribution is 7.99. The van der Waals surface area contributed by atoms with Gasteiger partial charge in [0.1, 0.15) is 0 Å². The molecule has 0 spiro atoms. The number of carbonyl (C=O) groups excluding carboxylic acids is 1. The molecule has 5 nitrogen and oxygen atoms in total. The minimum atomic E-state index is -0.117. The van der Waals surface area contributed by atoms with Gasteiger partial charge in [0.25, 0.3) is 5.56 Å². The quantitative estimate of drug-likeness (QED) is 0.874. The Morgan fingerprint density at radius 3 is 2.83 bits per heavy atom. The number of carbonyl (C=O) groups is 1.